The van der Waals surface area contributed by atoms with Crippen LogP contribution in [0.5, 0.6) is 0 Å². The number of nitrogens with zero attached hydrogens (tertiary/aromatic N) is 3. The fraction of sp³-hybridized carbons (Fsp3) is 0.0667. The maximum Gasteiger partial charge on any atom is 0.357 e. The summed E-state index contributed by atoms with van der Waals surface area (Å²) < 4.78 is 32.4. The molecule has 0 bridgehead atoms. The summed E-state index contributed by atoms with van der Waals surface area (Å²) in [5, 5.41) is 3.23. The Labute approximate surface area is 159 Å². The number of rotatable bonds is 6. The lowest BCUT2D eigenvalue weighted by molar-refractivity contribution is 0.489. The van der Waals surface area contributed by atoms with E-state index in [2.05, 4.69) is 9.97 Å². The molecule has 0 aliphatic rings. The summed E-state index contributed by atoms with van der Waals surface area (Å²) in [6, 6.07) is 10.0. The molecule has 0 unspecified atom stereocenters. The molecule has 3 rings (SSSR count). The van der Waals surface area contributed by atoms with Crippen LogP contribution in [0, 0.1) is 0 Å². The van der Waals surface area contributed by atoms with Crippen LogP contribution in [0.4, 0.5) is 23.1 Å². The van der Waals surface area contributed by atoms with E-state index in [1.807, 2.05) is 22.2 Å². The van der Waals surface area contributed by atoms with Crippen LogP contribution in [-0.4, -0.2) is 22.9 Å². The van der Waals surface area contributed by atoms with E-state index in [1.165, 1.54) is 28.5 Å². The average molecular weight is 407 g/mol. The van der Waals surface area contributed by atoms with E-state index in [0.29, 0.717) is 11.4 Å². The normalized spacial score (nSPS) is 11.3. The van der Waals surface area contributed by atoms with Crippen LogP contribution >= 0.6 is 11.3 Å². The molecule has 2 heterocycles. The SMILES string of the molecule is Nc1nc(-c2cccs2)c(N)c(N(N)Cc2ccc(NS(=O)(=O)O)cc2)n1. The molecule has 0 fully saturated rings. The van der Waals surface area contributed by atoms with Crippen LogP contribution in [0.25, 0.3) is 10.6 Å². The van der Waals surface area contributed by atoms with Crippen LogP contribution < -0.4 is 27.0 Å². The van der Waals surface area contributed by atoms with Gasteiger partial charge in [-0.25, -0.2) is 10.8 Å². The molecule has 1 aromatic carbocycles. The summed E-state index contributed by atoms with van der Waals surface area (Å²) in [5.74, 6) is 6.45. The monoisotopic (exact) mass is 407 g/mol. The number of aromatic nitrogens is 2. The lowest BCUT2D eigenvalue weighted by atomic mass is 10.2. The highest BCUT2D eigenvalue weighted by Crippen LogP contribution is 2.33. The maximum absolute atomic E-state index is 10.8. The van der Waals surface area contributed by atoms with Crippen molar-refractivity contribution in [2.75, 3.05) is 21.2 Å². The predicted molar refractivity (Wildman–Crippen MR) is 106 cm³/mol. The molecule has 0 radical (unpaired) electrons. The summed E-state index contributed by atoms with van der Waals surface area (Å²) in [5.41, 5.74) is 13.8. The number of nitrogen functional groups attached to an aromatic ring is 2. The molecular formula is C15H17N7O3S2. The van der Waals surface area contributed by atoms with Crippen molar-refractivity contribution >= 4 is 44.8 Å². The lowest BCUT2D eigenvalue weighted by Crippen LogP contribution is -2.32. The highest BCUT2D eigenvalue weighted by atomic mass is 32.2. The maximum atomic E-state index is 10.8. The molecular weight excluding hydrogens is 390 g/mol. The number of nitrogens with one attached hydrogen (secondary N) is 1. The highest BCUT2D eigenvalue weighted by Gasteiger charge is 2.17. The molecule has 8 N–H and O–H groups in total. The Morgan fingerprint density at radius 3 is 2.44 bits per heavy atom. The predicted octanol–water partition coefficient (Wildman–Crippen LogP) is 1.46. The van der Waals surface area contributed by atoms with Crippen LogP contribution in [-0.2, 0) is 16.8 Å². The van der Waals surface area contributed by atoms with Crippen LogP contribution in [0.2, 0.25) is 0 Å². The molecule has 142 valence electrons. The summed E-state index contributed by atoms with van der Waals surface area (Å²) in [6.45, 7) is 0.233. The van der Waals surface area contributed by atoms with Gasteiger partial charge in [-0.05, 0) is 29.1 Å². The topological polar surface area (TPSA) is 173 Å². The first-order chi connectivity index (χ1) is 12.7. The van der Waals surface area contributed by atoms with Gasteiger partial charge >= 0.3 is 10.3 Å². The minimum absolute atomic E-state index is 0.0470. The van der Waals surface area contributed by atoms with E-state index in [9.17, 15) is 8.42 Å². The Morgan fingerprint density at radius 2 is 1.85 bits per heavy atom. The molecule has 0 atom stereocenters. The molecule has 0 aliphatic heterocycles. The first-order valence-corrected chi connectivity index (χ1v) is 9.88. The van der Waals surface area contributed by atoms with Gasteiger partial charge in [0.1, 0.15) is 11.4 Å². The third-order valence-electron chi connectivity index (χ3n) is 3.52. The van der Waals surface area contributed by atoms with Crippen molar-refractivity contribution in [3.8, 4) is 10.6 Å². The Hall–Kier alpha value is -2.93. The molecule has 12 heteroatoms. The molecule has 0 saturated heterocycles. The number of hydrogen-bond acceptors (Lipinski definition) is 9. The van der Waals surface area contributed by atoms with Crippen molar-refractivity contribution in [1.29, 1.82) is 0 Å². The first-order valence-electron chi connectivity index (χ1n) is 7.56. The largest absolute Gasteiger partial charge is 0.394 e. The Balaban J connectivity index is 1.83. The number of benzene rings is 1. The van der Waals surface area contributed by atoms with Crippen molar-refractivity contribution in [2.24, 2.45) is 5.84 Å². The Kier molecular flexibility index (Phi) is 5.14. The second-order valence-electron chi connectivity index (χ2n) is 5.55. The van der Waals surface area contributed by atoms with E-state index < -0.39 is 10.3 Å². The number of thiophene rings is 1. The summed E-state index contributed by atoms with van der Waals surface area (Å²) in [6.07, 6.45) is 0. The molecule has 0 spiro atoms. The van der Waals surface area contributed by atoms with Crippen molar-refractivity contribution in [1.82, 2.24) is 9.97 Å². The van der Waals surface area contributed by atoms with Gasteiger partial charge in [-0.3, -0.25) is 14.3 Å². The second-order valence-corrected chi connectivity index (χ2v) is 7.65. The summed E-state index contributed by atoms with van der Waals surface area (Å²) in [7, 11) is -4.32. The minimum atomic E-state index is -4.32. The first kappa shape index (κ1) is 18.8. The van der Waals surface area contributed by atoms with E-state index >= 15 is 0 Å². The van der Waals surface area contributed by atoms with Gasteiger partial charge in [0.2, 0.25) is 5.95 Å². The van der Waals surface area contributed by atoms with E-state index in [4.69, 9.17) is 21.9 Å². The van der Waals surface area contributed by atoms with Crippen molar-refractivity contribution in [3.63, 3.8) is 0 Å². The van der Waals surface area contributed by atoms with Gasteiger partial charge in [0.15, 0.2) is 5.82 Å². The fourth-order valence-corrected chi connectivity index (χ4v) is 3.56. The average Bonchev–Trinajstić information content (AvgIpc) is 3.11. The molecule has 27 heavy (non-hydrogen) atoms. The standard InChI is InChI=1S/C15H17N7O3S2/c16-12-13(11-2-1-7-26-11)19-15(17)20-14(12)22(18)8-9-3-5-10(6-4-9)21-27(23,24)25/h1-7,21H,8,16,18H2,(H2,17,19,20)(H,23,24,25). The zero-order chi connectivity index (χ0) is 19.6. The smallest absolute Gasteiger partial charge is 0.357 e. The number of anilines is 4. The van der Waals surface area contributed by atoms with E-state index in [0.717, 1.165) is 10.4 Å². The zero-order valence-corrected chi connectivity index (χ0v) is 15.5. The van der Waals surface area contributed by atoms with Gasteiger partial charge < -0.3 is 11.5 Å². The van der Waals surface area contributed by atoms with Crippen LogP contribution in [0.1, 0.15) is 5.56 Å². The molecule has 0 aliphatic carbocycles. The lowest BCUT2D eigenvalue weighted by Gasteiger charge is -2.20. The molecule has 10 nitrogen and oxygen atoms in total. The van der Waals surface area contributed by atoms with Gasteiger partial charge in [-0.1, -0.05) is 18.2 Å². The van der Waals surface area contributed by atoms with Crippen molar-refractivity contribution in [3.05, 3.63) is 47.3 Å². The molecule has 2 aromatic heterocycles. The highest BCUT2D eigenvalue weighted by molar-refractivity contribution is 7.87. The van der Waals surface area contributed by atoms with Gasteiger partial charge in [-0.15, -0.1) is 11.3 Å². The molecule has 0 amide bonds. The van der Waals surface area contributed by atoms with E-state index in [-0.39, 0.29) is 24.0 Å². The Morgan fingerprint density at radius 1 is 1.15 bits per heavy atom. The van der Waals surface area contributed by atoms with Gasteiger partial charge in [0.25, 0.3) is 0 Å². The third-order valence-corrected chi connectivity index (χ3v) is 4.89. The minimum Gasteiger partial charge on any atom is -0.394 e. The number of hydrogen-bond donors (Lipinski definition) is 5. The summed E-state index contributed by atoms with van der Waals surface area (Å²) >= 11 is 1.47. The Bertz CT molecular complexity index is 1040. The van der Waals surface area contributed by atoms with Gasteiger partial charge in [0, 0.05) is 0 Å². The molecule has 0 saturated carbocycles. The third kappa shape index (κ3) is 4.62. The zero-order valence-electron chi connectivity index (χ0n) is 13.9. The van der Waals surface area contributed by atoms with Crippen LogP contribution in [0.3, 0.4) is 0 Å². The number of nitrogens with two attached hydrogens (primary N) is 3. The quantitative estimate of drug-likeness (QED) is 0.230. The summed E-state index contributed by atoms with van der Waals surface area (Å²) in [4.78, 5) is 9.16. The van der Waals surface area contributed by atoms with Crippen molar-refractivity contribution in [2.45, 2.75) is 6.54 Å². The van der Waals surface area contributed by atoms with Gasteiger partial charge in [0.05, 0.1) is 17.1 Å². The second kappa shape index (κ2) is 7.36. The van der Waals surface area contributed by atoms with Crippen molar-refractivity contribution < 1.29 is 13.0 Å². The van der Waals surface area contributed by atoms with Gasteiger partial charge in [-0.2, -0.15) is 13.4 Å². The fourth-order valence-electron chi connectivity index (χ4n) is 2.39. The number of hydrazine groups is 1. The molecule has 3 aromatic rings. The van der Waals surface area contributed by atoms with E-state index in [1.54, 1.807) is 12.1 Å². The van der Waals surface area contributed by atoms with Crippen LogP contribution in [0.15, 0.2) is 41.8 Å².